The molecule has 0 saturated heterocycles. The second kappa shape index (κ2) is 8.43. The molecule has 1 amide bonds. The zero-order chi connectivity index (χ0) is 23.9. The van der Waals surface area contributed by atoms with Crippen LogP contribution < -0.4 is 10.2 Å². The van der Waals surface area contributed by atoms with Crippen LogP contribution in [-0.4, -0.2) is 46.2 Å². The van der Waals surface area contributed by atoms with Gasteiger partial charge in [0.2, 0.25) is 5.96 Å². The van der Waals surface area contributed by atoms with Crippen LogP contribution in [0.4, 0.5) is 17.3 Å². The molecule has 0 bridgehead atoms. The molecule has 0 radical (unpaired) electrons. The highest BCUT2D eigenvalue weighted by Gasteiger charge is 2.42. The third-order valence-electron chi connectivity index (χ3n) is 6.46. The Labute approximate surface area is 204 Å². The number of nitrogens with one attached hydrogen (secondary N) is 1. The number of guanidine groups is 1. The van der Waals surface area contributed by atoms with Crippen LogP contribution in [0, 0.1) is 0 Å². The van der Waals surface area contributed by atoms with Crippen LogP contribution >= 0.6 is 0 Å². The first-order valence-corrected chi connectivity index (χ1v) is 11.8. The number of carbonyl (C=O) groups excluding carboxylic acids is 1. The molecule has 174 valence electrons. The van der Waals surface area contributed by atoms with Gasteiger partial charge in [-0.05, 0) is 35.7 Å². The average molecular weight is 463 g/mol. The third-order valence-corrected chi connectivity index (χ3v) is 6.46. The summed E-state index contributed by atoms with van der Waals surface area (Å²) in [6, 6.07) is 28.8. The number of rotatable bonds is 5. The zero-order valence-corrected chi connectivity index (χ0v) is 19.7. The number of aromatic nitrogens is 2. The van der Waals surface area contributed by atoms with E-state index in [4.69, 9.17) is 5.10 Å². The zero-order valence-electron chi connectivity index (χ0n) is 19.7. The number of fused-ring (bicyclic) bond motifs is 3. The minimum atomic E-state index is -0.104. The van der Waals surface area contributed by atoms with Crippen LogP contribution in [0.1, 0.15) is 22.8 Å². The van der Waals surface area contributed by atoms with Crippen molar-refractivity contribution in [1.82, 2.24) is 14.7 Å². The molecule has 1 atom stereocenters. The number of benzene rings is 3. The van der Waals surface area contributed by atoms with E-state index < -0.39 is 0 Å². The number of hydrogen-bond donors (Lipinski definition) is 1. The summed E-state index contributed by atoms with van der Waals surface area (Å²) in [6.07, 6.45) is 0. The van der Waals surface area contributed by atoms with Crippen molar-refractivity contribution < 1.29 is 4.79 Å². The van der Waals surface area contributed by atoms with Gasteiger partial charge in [0.25, 0.3) is 5.91 Å². The molecular weight excluding hydrogens is 436 g/mol. The summed E-state index contributed by atoms with van der Waals surface area (Å²) in [5, 5.41) is 8.40. The molecule has 7 heteroatoms. The molecule has 0 fully saturated rings. The Kier molecular flexibility index (Phi) is 5.10. The first kappa shape index (κ1) is 21.2. The van der Waals surface area contributed by atoms with Crippen molar-refractivity contribution in [2.75, 3.05) is 23.8 Å². The number of anilines is 3. The van der Waals surface area contributed by atoms with Gasteiger partial charge < -0.3 is 5.32 Å². The maximum Gasteiger partial charge on any atom is 0.267 e. The molecule has 0 aliphatic carbocycles. The molecule has 1 N–H and O–H groups in total. The summed E-state index contributed by atoms with van der Waals surface area (Å²) in [4.78, 5) is 21.8. The Morgan fingerprint density at radius 3 is 2.29 bits per heavy atom. The predicted octanol–water partition coefficient (Wildman–Crippen LogP) is 4.99. The maximum atomic E-state index is 13.5. The van der Waals surface area contributed by atoms with Gasteiger partial charge in [-0.2, -0.15) is 5.10 Å². The van der Waals surface area contributed by atoms with Gasteiger partial charge in [0.05, 0.1) is 12.6 Å². The van der Waals surface area contributed by atoms with Gasteiger partial charge in [0.15, 0.2) is 5.82 Å². The topological polar surface area (TPSA) is 65.8 Å². The molecule has 7 nitrogen and oxygen atoms in total. The molecule has 0 saturated carbocycles. The second-order valence-corrected chi connectivity index (χ2v) is 9.01. The van der Waals surface area contributed by atoms with Crippen molar-refractivity contribution in [3.8, 4) is 11.1 Å². The van der Waals surface area contributed by atoms with E-state index in [9.17, 15) is 4.79 Å². The molecule has 35 heavy (non-hydrogen) atoms. The van der Waals surface area contributed by atoms with E-state index in [1.165, 1.54) is 11.1 Å². The van der Waals surface area contributed by atoms with Crippen LogP contribution in [0.3, 0.4) is 0 Å². The third kappa shape index (κ3) is 3.75. The molecule has 3 heterocycles. The summed E-state index contributed by atoms with van der Waals surface area (Å²) in [5.41, 5.74) is 4.93. The Morgan fingerprint density at radius 2 is 1.57 bits per heavy atom. The molecule has 3 aromatic carbocycles. The lowest BCUT2D eigenvalue weighted by Crippen LogP contribution is -2.48. The Bertz CT molecular complexity index is 1410. The van der Waals surface area contributed by atoms with Crippen molar-refractivity contribution in [2.45, 2.75) is 19.5 Å². The lowest BCUT2D eigenvalue weighted by Gasteiger charge is -2.30. The molecule has 2 aliphatic rings. The number of nitrogens with zero attached hydrogens (tertiary/aromatic N) is 5. The van der Waals surface area contributed by atoms with E-state index in [1.54, 1.807) is 11.9 Å². The van der Waals surface area contributed by atoms with Crippen LogP contribution in [0.5, 0.6) is 0 Å². The fourth-order valence-electron chi connectivity index (χ4n) is 4.70. The van der Waals surface area contributed by atoms with Crippen molar-refractivity contribution >= 4 is 29.2 Å². The summed E-state index contributed by atoms with van der Waals surface area (Å²) in [7, 11) is 1.78. The molecule has 2 aliphatic heterocycles. The van der Waals surface area contributed by atoms with Gasteiger partial charge >= 0.3 is 0 Å². The van der Waals surface area contributed by atoms with E-state index >= 15 is 0 Å². The van der Waals surface area contributed by atoms with Crippen LogP contribution in [-0.2, 0) is 6.54 Å². The Balaban J connectivity index is 1.40. The average Bonchev–Trinajstić information content (AvgIpc) is 3.45. The quantitative estimate of drug-likeness (QED) is 0.454. The molecule has 6 rings (SSSR count). The summed E-state index contributed by atoms with van der Waals surface area (Å²) < 4.78 is 1.90. The smallest absolute Gasteiger partial charge is 0.267 e. The fraction of sp³-hybridized carbons (Fsp3) is 0.179. The lowest BCUT2D eigenvalue weighted by molar-refractivity contribution is 0.0866. The van der Waals surface area contributed by atoms with E-state index in [1.807, 2.05) is 58.1 Å². The van der Waals surface area contributed by atoms with Crippen molar-refractivity contribution in [3.05, 3.63) is 96.1 Å². The molecular formula is C28H26N6O. The molecule has 1 aromatic heterocycles. The van der Waals surface area contributed by atoms with E-state index in [2.05, 4.69) is 53.6 Å². The number of aliphatic imine (C=N–C) groups is 1. The van der Waals surface area contributed by atoms with Crippen LogP contribution in [0.15, 0.2) is 89.9 Å². The van der Waals surface area contributed by atoms with Gasteiger partial charge in [-0.25, -0.2) is 9.67 Å². The van der Waals surface area contributed by atoms with Gasteiger partial charge in [0.1, 0.15) is 11.4 Å². The highest BCUT2D eigenvalue weighted by Crippen LogP contribution is 2.37. The molecule has 0 spiro atoms. The van der Waals surface area contributed by atoms with Gasteiger partial charge in [-0.3, -0.25) is 14.6 Å². The Hall–Kier alpha value is -4.39. The highest BCUT2D eigenvalue weighted by molar-refractivity contribution is 6.20. The van der Waals surface area contributed by atoms with Crippen LogP contribution in [0.2, 0.25) is 0 Å². The maximum absolute atomic E-state index is 13.5. The first-order chi connectivity index (χ1) is 17.1. The highest BCUT2D eigenvalue weighted by atomic mass is 16.2. The van der Waals surface area contributed by atoms with Crippen LogP contribution in [0.25, 0.3) is 11.1 Å². The number of para-hydroxylation sites is 1. The van der Waals surface area contributed by atoms with Crippen molar-refractivity contribution in [2.24, 2.45) is 4.99 Å². The minimum absolute atomic E-state index is 0.104. The lowest BCUT2D eigenvalue weighted by atomic mass is 10.0. The monoisotopic (exact) mass is 462 g/mol. The van der Waals surface area contributed by atoms with Crippen molar-refractivity contribution in [1.29, 1.82) is 0 Å². The predicted molar refractivity (Wildman–Crippen MR) is 139 cm³/mol. The Morgan fingerprint density at radius 1 is 0.914 bits per heavy atom. The second-order valence-electron chi connectivity index (χ2n) is 9.01. The summed E-state index contributed by atoms with van der Waals surface area (Å²) in [6.45, 7) is 3.29. The largest absolute Gasteiger partial charge is 0.340 e. The number of amides is 1. The number of hydrogen-bond acceptors (Lipinski definition) is 5. The SMILES string of the molecule is C[C@@H]1CN2C(=N1)N(C)C(=O)c1c2nn(Cc2ccc(-c3ccccc3)cc2)c1Nc1ccccc1. The molecule has 4 aromatic rings. The number of carbonyl (C=O) groups is 1. The molecule has 0 unspecified atom stereocenters. The fourth-order valence-corrected chi connectivity index (χ4v) is 4.70. The first-order valence-electron chi connectivity index (χ1n) is 11.8. The van der Waals surface area contributed by atoms with E-state index in [-0.39, 0.29) is 11.9 Å². The minimum Gasteiger partial charge on any atom is -0.340 e. The van der Waals surface area contributed by atoms with Gasteiger partial charge in [-0.1, -0.05) is 72.8 Å². The normalized spacial score (nSPS) is 16.7. The van der Waals surface area contributed by atoms with Gasteiger partial charge in [0, 0.05) is 19.3 Å². The summed E-state index contributed by atoms with van der Waals surface area (Å²) in [5.74, 6) is 1.91. The standard InChI is InChI=1S/C28H26N6O/c1-19-17-33-26-24(27(35)32(2)28(33)29-19)25(30-23-11-7-4-8-12-23)34(31-26)18-20-13-15-22(16-14-20)21-9-5-3-6-10-21/h3-16,19,30H,17-18H2,1-2H3/t19-/m1/s1. The summed E-state index contributed by atoms with van der Waals surface area (Å²) >= 11 is 0. The van der Waals surface area contributed by atoms with E-state index in [0.717, 1.165) is 11.3 Å². The van der Waals surface area contributed by atoms with Crippen molar-refractivity contribution in [3.63, 3.8) is 0 Å². The van der Waals surface area contributed by atoms with E-state index in [0.29, 0.717) is 36.2 Å². The van der Waals surface area contributed by atoms with Gasteiger partial charge in [-0.15, -0.1) is 0 Å².